The van der Waals surface area contributed by atoms with Crippen molar-refractivity contribution in [3.63, 3.8) is 0 Å². The van der Waals surface area contributed by atoms with Crippen LogP contribution in [0, 0.1) is 0 Å². The van der Waals surface area contributed by atoms with E-state index in [1.54, 1.807) is 0 Å². The third-order valence-electron chi connectivity index (χ3n) is 4.67. The van der Waals surface area contributed by atoms with Crippen LogP contribution >= 0.6 is 11.3 Å². The smallest absolute Gasteiger partial charge is 0.128 e. The summed E-state index contributed by atoms with van der Waals surface area (Å²) in [5.74, 6) is 1.12. The molecule has 4 nitrogen and oxygen atoms in total. The van der Waals surface area contributed by atoms with Crippen molar-refractivity contribution in [2.75, 3.05) is 31.1 Å². The second-order valence-corrected chi connectivity index (χ2v) is 7.26. The Labute approximate surface area is 141 Å². The zero-order chi connectivity index (χ0) is 15.5. The standard InChI is InChI=1S/C18H23N3OS/c1-2-8-21(7-1)18-4-3-14(12-20-18)11-19-13-16-15-6-10-23-17(15)5-9-22-16/h3-4,6,10,12,16,19H,1-2,5,7-9,11,13H2/t16-/m0/s1. The minimum atomic E-state index is 0.196. The quantitative estimate of drug-likeness (QED) is 0.914. The molecule has 4 rings (SSSR count). The Morgan fingerprint density at radius 2 is 2.17 bits per heavy atom. The predicted octanol–water partition coefficient (Wildman–Crippen LogP) is 3.15. The second-order valence-electron chi connectivity index (χ2n) is 6.26. The largest absolute Gasteiger partial charge is 0.372 e. The number of hydrogen-bond acceptors (Lipinski definition) is 5. The van der Waals surface area contributed by atoms with Crippen molar-refractivity contribution < 1.29 is 4.74 Å². The van der Waals surface area contributed by atoms with E-state index in [0.717, 1.165) is 45.0 Å². The van der Waals surface area contributed by atoms with Gasteiger partial charge in [0.25, 0.3) is 0 Å². The summed E-state index contributed by atoms with van der Waals surface area (Å²) in [6.07, 6.45) is 5.83. The Balaban J connectivity index is 1.30. The third-order valence-corrected chi connectivity index (χ3v) is 5.67. The van der Waals surface area contributed by atoms with Crippen molar-refractivity contribution in [2.24, 2.45) is 0 Å². The van der Waals surface area contributed by atoms with Crippen LogP contribution in [0.5, 0.6) is 0 Å². The Morgan fingerprint density at radius 1 is 1.26 bits per heavy atom. The lowest BCUT2D eigenvalue weighted by molar-refractivity contribution is 0.0436. The highest BCUT2D eigenvalue weighted by molar-refractivity contribution is 7.10. The minimum absolute atomic E-state index is 0.196. The molecule has 0 radical (unpaired) electrons. The average molecular weight is 329 g/mol. The molecular formula is C18H23N3OS. The van der Waals surface area contributed by atoms with Gasteiger partial charge in [-0.25, -0.2) is 4.98 Å². The number of thiophene rings is 1. The molecule has 4 heterocycles. The van der Waals surface area contributed by atoms with Gasteiger partial charge >= 0.3 is 0 Å². The second kappa shape index (κ2) is 6.99. The Morgan fingerprint density at radius 3 is 3.00 bits per heavy atom. The summed E-state index contributed by atoms with van der Waals surface area (Å²) in [4.78, 5) is 8.46. The fourth-order valence-electron chi connectivity index (χ4n) is 3.40. The molecule has 1 saturated heterocycles. The fraction of sp³-hybridized carbons (Fsp3) is 0.500. The zero-order valence-electron chi connectivity index (χ0n) is 13.3. The van der Waals surface area contributed by atoms with Gasteiger partial charge in [0.2, 0.25) is 0 Å². The van der Waals surface area contributed by atoms with Crippen molar-refractivity contribution in [1.82, 2.24) is 10.3 Å². The first-order valence-corrected chi connectivity index (χ1v) is 9.36. The summed E-state index contributed by atoms with van der Waals surface area (Å²) < 4.78 is 5.91. The molecule has 23 heavy (non-hydrogen) atoms. The van der Waals surface area contributed by atoms with E-state index in [-0.39, 0.29) is 6.10 Å². The van der Waals surface area contributed by atoms with Gasteiger partial charge in [-0.2, -0.15) is 0 Å². The van der Waals surface area contributed by atoms with Gasteiger partial charge < -0.3 is 15.0 Å². The topological polar surface area (TPSA) is 37.4 Å². The van der Waals surface area contributed by atoms with Crippen molar-refractivity contribution in [1.29, 1.82) is 0 Å². The number of nitrogens with one attached hydrogen (secondary N) is 1. The molecule has 0 amide bonds. The monoisotopic (exact) mass is 329 g/mol. The number of anilines is 1. The van der Waals surface area contributed by atoms with Crippen molar-refractivity contribution in [3.05, 3.63) is 45.8 Å². The number of hydrogen-bond donors (Lipinski definition) is 1. The Hall–Kier alpha value is -1.43. The first-order chi connectivity index (χ1) is 11.4. The van der Waals surface area contributed by atoms with Crippen LogP contribution in [0.1, 0.15) is 34.9 Å². The minimum Gasteiger partial charge on any atom is -0.372 e. The Kier molecular flexibility index (Phi) is 4.60. The van der Waals surface area contributed by atoms with Crippen molar-refractivity contribution in [3.8, 4) is 0 Å². The molecule has 2 aliphatic rings. The van der Waals surface area contributed by atoms with Crippen LogP contribution in [0.25, 0.3) is 0 Å². The highest BCUT2D eigenvalue weighted by Gasteiger charge is 2.21. The first-order valence-electron chi connectivity index (χ1n) is 8.48. The molecule has 1 fully saturated rings. The normalized spacial score (nSPS) is 20.7. The van der Waals surface area contributed by atoms with Crippen LogP contribution in [-0.2, 0) is 17.7 Å². The third kappa shape index (κ3) is 3.42. The molecule has 0 aliphatic carbocycles. The first kappa shape index (κ1) is 15.1. The number of nitrogens with zero attached hydrogens (tertiary/aromatic N) is 2. The molecule has 0 bridgehead atoms. The van der Waals surface area contributed by atoms with Crippen LogP contribution in [0.3, 0.4) is 0 Å². The van der Waals surface area contributed by atoms with Crippen LogP contribution in [0.2, 0.25) is 0 Å². The molecular weight excluding hydrogens is 306 g/mol. The van der Waals surface area contributed by atoms with Gasteiger partial charge in [-0.15, -0.1) is 11.3 Å². The number of aromatic nitrogens is 1. The zero-order valence-corrected chi connectivity index (χ0v) is 14.1. The maximum Gasteiger partial charge on any atom is 0.128 e. The predicted molar refractivity (Wildman–Crippen MR) is 94.1 cm³/mol. The van der Waals surface area contributed by atoms with Crippen LogP contribution in [-0.4, -0.2) is 31.2 Å². The molecule has 0 aromatic carbocycles. The van der Waals surface area contributed by atoms with Gasteiger partial charge in [0.05, 0.1) is 12.7 Å². The molecule has 0 unspecified atom stereocenters. The molecule has 2 aromatic rings. The maximum atomic E-state index is 5.91. The molecule has 1 atom stereocenters. The molecule has 1 N–H and O–H groups in total. The van der Waals surface area contributed by atoms with E-state index in [1.165, 1.54) is 28.8 Å². The number of pyridine rings is 1. The van der Waals surface area contributed by atoms with E-state index in [1.807, 2.05) is 17.5 Å². The number of fused-ring (bicyclic) bond motifs is 1. The molecule has 5 heteroatoms. The van der Waals surface area contributed by atoms with E-state index in [0.29, 0.717) is 0 Å². The van der Waals surface area contributed by atoms with Gasteiger partial charge in [-0.05, 0) is 41.5 Å². The number of rotatable bonds is 5. The molecule has 2 aromatic heterocycles. The van der Waals surface area contributed by atoms with Gasteiger partial charge in [-0.1, -0.05) is 6.07 Å². The van der Waals surface area contributed by atoms with Gasteiger partial charge in [0.1, 0.15) is 5.82 Å². The molecule has 122 valence electrons. The van der Waals surface area contributed by atoms with Gasteiger partial charge in [0, 0.05) is 43.7 Å². The maximum absolute atomic E-state index is 5.91. The fourth-order valence-corrected chi connectivity index (χ4v) is 4.31. The summed E-state index contributed by atoms with van der Waals surface area (Å²) in [5.41, 5.74) is 2.60. The van der Waals surface area contributed by atoms with Crippen LogP contribution in [0.4, 0.5) is 5.82 Å². The number of ether oxygens (including phenoxy) is 1. The van der Waals surface area contributed by atoms with Gasteiger partial charge in [-0.3, -0.25) is 0 Å². The lowest BCUT2D eigenvalue weighted by Crippen LogP contribution is -2.26. The molecule has 0 spiro atoms. The SMILES string of the molecule is c1cc2c(s1)CCO[C@H]2CNCc1ccc(N2CCCC2)nc1. The highest BCUT2D eigenvalue weighted by Crippen LogP contribution is 2.30. The van der Waals surface area contributed by atoms with E-state index >= 15 is 0 Å². The van der Waals surface area contributed by atoms with E-state index in [4.69, 9.17) is 4.74 Å². The summed E-state index contributed by atoms with van der Waals surface area (Å²) in [6.45, 7) is 4.83. The van der Waals surface area contributed by atoms with Crippen molar-refractivity contribution in [2.45, 2.75) is 31.9 Å². The van der Waals surface area contributed by atoms with Gasteiger partial charge in [0.15, 0.2) is 0 Å². The lowest BCUT2D eigenvalue weighted by Gasteiger charge is -2.23. The summed E-state index contributed by atoms with van der Waals surface area (Å²) in [6, 6.07) is 6.54. The van der Waals surface area contributed by atoms with Crippen molar-refractivity contribution >= 4 is 17.2 Å². The van der Waals surface area contributed by atoms with Crippen LogP contribution < -0.4 is 10.2 Å². The molecule has 0 saturated carbocycles. The van der Waals surface area contributed by atoms with Crippen LogP contribution in [0.15, 0.2) is 29.8 Å². The van der Waals surface area contributed by atoms with E-state index < -0.39 is 0 Å². The summed E-state index contributed by atoms with van der Waals surface area (Å²) in [7, 11) is 0. The molecule has 2 aliphatic heterocycles. The van der Waals surface area contributed by atoms with E-state index in [9.17, 15) is 0 Å². The Bertz CT molecular complexity index is 634. The lowest BCUT2D eigenvalue weighted by atomic mass is 10.1. The highest BCUT2D eigenvalue weighted by atomic mass is 32.1. The van der Waals surface area contributed by atoms with E-state index in [2.05, 4.69) is 38.8 Å². The average Bonchev–Trinajstić information content (AvgIpc) is 3.27. The summed E-state index contributed by atoms with van der Waals surface area (Å²) >= 11 is 1.85. The summed E-state index contributed by atoms with van der Waals surface area (Å²) in [5, 5.41) is 5.69.